The van der Waals surface area contributed by atoms with Crippen LogP contribution in [0.4, 0.5) is 0 Å². The van der Waals surface area contributed by atoms with Crippen molar-refractivity contribution < 1.29 is 4.42 Å². The number of fused-ring (bicyclic) bond motifs is 14. The first-order valence-electron chi connectivity index (χ1n) is 15.8. The molecule has 0 bridgehead atoms. The van der Waals surface area contributed by atoms with Gasteiger partial charge in [-0.2, -0.15) is 4.98 Å². The lowest BCUT2D eigenvalue weighted by Gasteiger charge is -2.13. The van der Waals surface area contributed by atoms with Crippen LogP contribution >= 0.6 is 11.3 Å². The summed E-state index contributed by atoms with van der Waals surface area (Å²) in [7, 11) is 0. The van der Waals surface area contributed by atoms with Crippen molar-refractivity contribution >= 4 is 96.9 Å². The molecule has 4 heterocycles. The van der Waals surface area contributed by atoms with E-state index in [0.29, 0.717) is 11.5 Å². The Morgan fingerprint density at radius 1 is 0.532 bits per heavy atom. The molecule has 218 valence electrons. The van der Waals surface area contributed by atoms with Gasteiger partial charge in [-0.25, -0.2) is 4.98 Å². The van der Waals surface area contributed by atoms with Gasteiger partial charge in [-0.3, -0.25) is 4.57 Å². The van der Waals surface area contributed by atoms with Crippen LogP contribution in [0.25, 0.3) is 103 Å². The highest BCUT2D eigenvalue weighted by Gasteiger charge is 2.25. The predicted molar refractivity (Wildman–Crippen MR) is 197 cm³/mol. The lowest BCUT2D eigenvalue weighted by molar-refractivity contribution is 0.653. The Morgan fingerprint density at radius 3 is 2.13 bits per heavy atom. The Morgan fingerprint density at radius 2 is 1.23 bits per heavy atom. The molecule has 0 aliphatic heterocycles. The highest BCUT2D eigenvalue weighted by atomic mass is 32.1. The van der Waals surface area contributed by atoms with Gasteiger partial charge in [0.2, 0.25) is 5.71 Å². The van der Waals surface area contributed by atoms with Gasteiger partial charge >= 0.3 is 0 Å². The summed E-state index contributed by atoms with van der Waals surface area (Å²) >= 11 is 1.88. The van der Waals surface area contributed by atoms with E-state index in [1.807, 2.05) is 23.5 Å². The molecule has 4 aromatic heterocycles. The summed E-state index contributed by atoms with van der Waals surface area (Å²) in [6.07, 6.45) is 0. The van der Waals surface area contributed by atoms with E-state index >= 15 is 0 Å². The molecule has 0 atom stereocenters. The molecule has 11 aromatic rings. The highest BCUT2D eigenvalue weighted by Crippen LogP contribution is 2.48. The number of hydrogen-bond donors (Lipinski definition) is 0. The Balaban J connectivity index is 1.38. The molecule has 0 N–H and O–H groups in total. The first-order chi connectivity index (χ1) is 23.3. The fraction of sp³-hybridized carbons (Fsp3) is 0. The van der Waals surface area contributed by atoms with Crippen molar-refractivity contribution in [3.63, 3.8) is 0 Å². The van der Waals surface area contributed by atoms with Gasteiger partial charge in [0.05, 0.1) is 16.4 Å². The molecular formula is C42H23N3OS. The van der Waals surface area contributed by atoms with Crippen LogP contribution in [0, 0.1) is 0 Å². The number of benzene rings is 7. The summed E-state index contributed by atoms with van der Waals surface area (Å²) in [5.74, 6) is 1.45. The zero-order chi connectivity index (χ0) is 30.6. The van der Waals surface area contributed by atoms with Crippen LogP contribution in [0.5, 0.6) is 0 Å². The van der Waals surface area contributed by atoms with Gasteiger partial charge in [-0.1, -0.05) is 115 Å². The number of aromatic nitrogens is 3. The lowest BCUT2D eigenvalue weighted by Crippen LogP contribution is -2.02. The van der Waals surface area contributed by atoms with E-state index in [1.54, 1.807) is 0 Å². The molecule has 0 amide bonds. The number of nitrogens with zero attached hydrogens (tertiary/aromatic N) is 3. The Hall–Kier alpha value is -6.04. The molecule has 0 saturated heterocycles. The number of para-hydroxylation sites is 2. The van der Waals surface area contributed by atoms with Crippen molar-refractivity contribution in [3.05, 3.63) is 140 Å². The summed E-state index contributed by atoms with van der Waals surface area (Å²) in [6.45, 7) is 0. The quantitative estimate of drug-likeness (QED) is 0.194. The largest absolute Gasteiger partial charge is 0.437 e. The molecule has 11 rings (SSSR count). The van der Waals surface area contributed by atoms with Gasteiger partial charge in [0.25, 0.3) is 0 Å². The molecule has 0 spiro atoms. The second-order valence-electron chi connectivity index (χ2n) is 12.1. The average Bonchev–Trinajstić information content (AvgIpc) is 3.81. The van der Waals surface area contributed by atoms with Crippen molar-refractivity contribution in [1.82, 2.24) is 14.5 Å². The molecule has 0 fully saturated rings. The third kappa shape index (κ3) is 3.41. The Labute approximate surface area is 271 Å². The van der Waals surface area contributed by atoms with Crippen molar-refractivity contribution in [2.75, 3.05) is 0 Å². The van der Waals surface area contributed by atoms with Gasteiger partial charge in [0, 0.05) is 52.7 Å². The number of thiophene rings is 1. The molecule has 0 aliphatic carbocycles. The maximum absolute atomic E-state index is 6.51. The van der Waals surface area contributed by atoms with Gasteiger partial charge in [-0.15, -0.1) is 11.3 Å². The fourth-order valence-corrected chi connectivity index (χ4v) is 8.81. The number of hydrogen-bond acceptors (Lipinski definition) is 4. The van der Waals surface area contributed by atoms with Crippen LogP contribution in [0.3, 0.4) is 0 Å². The first-order valence-corrected chi connectivity index (χ1v) is 16.6. The third-order valence-electron chi connectivity index (χ3n) is 9.59. The van der Waals surface area contributed by atoms with Crippen molar-refractivity contribution in [2.24, 2.45) is 0 Å². The molecule has 7 aromatic carbocycles. The average molecular weight is 618 g/mol. The molecule has 0 unspecified atom stereocenters. The molecule has 47 heavy (non-hydrogen) atoms. The van der Waals surface area contributed by atoms with E-state index in [-0.39, 0.29) is 0 Å². The monoisotopic (exact) mass is 617 g/mol. The predicted octanol–water partition coefficient (Wildman–Crippen LogP) is 11.8. The van der Waals surface area contributed by atoms with Crippen LogP contribution < -0.4 is 0 Å². The smallest absolute Gasteiger partial charge is 0.233 e. The minimum absolute atomic E-state index is 0.580. The van der Waals surface area contributed by atoms with E-state index in [1.165, 1.54) is 47.1 Å². The SMILES string of the molecule is c1ccc2cc(-c3nc(-n4c5ccccc5c5c6c7ccccc7sc6c6ccccc6c54)c4c(n3)oc3ccccc34)ccc2c1. The van der Waals surface area contributed by atoms with Gasteiger partial charge in [0.1, 0.15) is 5.58 Å². The second-order valence-corrected chi connectivity index (χ2v) is 13.2. The van der Waals surface area contributed by atoms with Crippen LogP contribution in [0.1, 0.15) is 0 Å². The van der Waals surface area contributed by atoms with E-state index < -0.39 is 0 Å². The topological polar surface area (TPSA) is 43.9 Å². The molecule has 4 nitrogen and oxygen atoms in total. The number of furan rings is 1. The van der Waals surface area contributed by atoms with Crippen LogP contribution in [0.15, 0.2) is 144 Å². The first kappa shape index (κ1) is 25.2. The molecular weight excluding hydrogens is 595 g/mol. The highest BCUT2D eigenvalue weighted by molar-refractivity contribution is 7.27. The van der Waals surface area contributed by atoms with Crippen molar-refractivity contribution in [2.45, 2.75) is 0 Å². The van der Waals surface area contributed by atoms with E-state index in [0.717, 1.165) is 44.2 Å². The molecule has 0 radical (unpaired) electrons. The standard InChI is InChI=1S/C42H23N3OS/c1-2-12-25-23-26(22-21-24(25)11-1)40-43-41(37-30-16-6-9-19-33(30)46-42(37)44-40)45-32-18-8-5-15-29(32)35-36-31-17-7-10-20-34(31)47-39(36)28-14-4-3-13-27(28)38(35)45/h1-23H. The lowest BCUT2D eigenvalue weighted by atomic mass is 10.00. The zero-order valence-electron chi connectivity index (χ0n) is 24.9. The summed E-state index contributed by atoms with van der Waals surface area (Å²) in [4.78, 5) is 10.5. The Kier molecular flexibility index (Phi) is 4.96. The minimum atomic E-state index is 0.580. The maximum atomic E-state index is 6.51. The van der Waals surface area contributed by atoms with Gasteiger partial charge in [-0.05, 0) is 35.0 Å². The van der Waals surface area contributed by atoms with Crippen LogP contribution in [0.2, 0.25) is 0 Å². The zero-order valence-corrected chi connectivity index (χ0v) is 25.8. The summed E-state index contributed by atoms with van der Waals surface area (Å²) in [5.41, 5.74) is 4.57. The van der Waals surface area contributed by atoms with Crippen molar-refractivity contribution in [3.8, 4) is 17.2 Å². The third-order valence-corrected chi connectivity index (χ3v) is 10.8. The summed E-state index contributed by atoms with van der Waals surface area (Å²) in [6, 6.07) is 49.3. The molecule has 5 heteroatoms. The minimum Gasteiger partial charge on any atom is -0.437 e. The van der Waals surface area contributed by atoms with Crippen LogP contribution in [-0.2, 0) is 0 Å². The van der Waals surface area contributed by atoms with E-state index in [2.05, 4.69) is 132 Å². The normalized spacial score (nSPS) is 12.3. The van der Waals surface area contributed by atoms with Crippen LogP contribution in [-0.4, -0.2) is 14.5 Å². The van der Waals surface area contributed by atoms with Gasteiger partial charge in [0.15, 0.2) is 11.6 Å². The number of rotatable bonds is 2. The maximum Gasteiger partial charge on any atom is 0.233 e. The van der Waals surface area contributed by atoms with E-state index in [9.17, 15) is 0 Å². The summed E-state index contributed by atoms with van der Waals surface area (Å²) in [5, 5.41) is 11.7. The van der Waals surface area contributed by atoms with Crippen molar-refractivity contribution in [1.29, 1.82) is 0 Å². The summed E-state index contributed by atoms with van der Waals surface area (Å²) < 4.78 is 11.5. The fourth-order valence-electron chi connectivity index (χ4n) is 7.56. The molecule has 0 saturated carbocycles. The van der Waals surface area contributed by atoms with Gasteiger partial charge < -0.3 is 4.42 Å². The Bertz CT molecular complexity index is 3090. The second kappa shape index (κ2) is 9.25. The van der Waals surface area contributed by atoms with E-state index in [4.69, 9.17) is 14.4 Å². The molecule has 0 aliphatic rings.